The molecule has 1 aromatic carbocycles. The summed E-state index contributed by atoms with van der Waals surface area (Å²) in [7, 11) is 0. The fraction of sp³-hybridized carbons (Fsp3) is 0.400. The van der Waals surface area contributed by atoms with Crippen LogP contribution in [0.3, 0.4) is 0 Å². The standard InChI is InChI=1S/C10H13N/c1-7-4-3-5-9-10(7)8(2)6-11-9/h3-5,8,11H,6H2,1-2H3. The third-order valence-corrected chi connectivity index (χ3v) is 2.42. The molecule has 58 valence electrons. The molecular weight excluding hydrogens is 134 g/mol. The first-order chi connectivity index (χ1) is 5.29. The third kappa shape index (κ3) is 0.917. The lowest BCUT2D eigenvalue weighted by Gasteiger charge is -2.05. The Morgan fingerprint density at radius 1 is 1.45 bits per heavy atom. The van der Waals surface area contributed by atoms with Crippen LogP contribution in [0.1, 0.15) is 24.0 Å². The van der Waals surface area contributed by atoms with Gasteiger partial charge in [0.2, 0.25) is 0 Å². The second-order valence-electron chi connectivity index (χ2n) is 3.32. The van der Waals surface area contributed by atoms with Crippen LogP contribution in [0, 0.1) is 6.92 Å². The Hall–Kier alpha value is -0.980. The summed E-state index contributed by atoms with van der Waals surface area (Å²) in [5.74, 6) is 0.686. The minimum atomic E-state index is 0.686. The van der Waals surface area contributed by atoms with Crippen molar-refractivity contribution in [2.75, 3.05) is 11.9 Å². The Kier molecular flexibility index (Phi) is 1.38. The Labute approximate surface area is 67.4 Å². The van der Waals surface area contributed by atoms with E-state index in [2.05, 4.69) is 37.4 Å². The van der Waals surface area contributed by atoms with Crippen molar-refractivity contribution in [3.05, 3.63) is 29.3 Å². The van der Waals surface area contributed by atoms with Crippen LogP contribution in [0.5, 0.6) is 0 Å². The number of hydrogen-bond donors (Lipinski definition) is 1. The van der Waals surface area contributed by atoms with Gasteiger partial charge >= 0.3 is 0 Å². The average Bonchev–Trinajstić information content (AvgIpc) is 2.34. The molecular formula is C10H13N. The zero-order valence-electron chi connectivity index (χ0n) is 7.02. The molecule has 1 nitrogen and oxygen atoms in total. The van der Waals surface area contributed by atoms with Crippen molar-refractivity contribution >= 4 is 5.69 Å². The van der Waals surface area contributed by atoms with Crippen LogP contribution in [-0.4, -0.2) is 6.54 Å². The number of hydrogen-bond acceptors (Lipinski definition) is 1. The Balaban J connectivity index is 2.58. The minimum absolute atomic E-state index is 0.686. The molecule has 1 heteroatoms. The lowest BCUT2D eigenvalue weighted by Crippen LogP contribution is -1.96. The van der Waals surface area contributed by atoms with Crippen molar-refractivity contribution in [2.24, 2.45) is 0 Å². The molecule has 2 rings (SSSR count). The summed E-state index contributed by atoms with van der Waals surface area (Å²) in [4.78, 5) is 0. The van der Waals surface area contributed by atoms with Gasteiger partial charge in [-0.1, -0.05) is 19.1 Å². The highest BCUT2D eigenvalue weighted by Gasteiger charge is 2.18. The normalized spacial score (nSPS) is 21.1. The smallest absolute Gasteiger partial charge is 0.0379 e. The highest BCUT2D eigenvalue weighted by atomic mass is 14.9. The van der Waals surface area contributed by atoms with E-state index in [-0.39, 0.29) is 0 Å². The number of anilines is 1. The summed E-state index contributed by atoms with van der Waals surface area (Å²) in [6.07, 6.45) is 0. The van der Waals surface area contributed by atoms with Crippen molar-refractivity contribution in [3.8, 4) is 0 Å². The topological polar surface area (TPSA) is 12.0 Å². The number of benzene rings is 1. The van der Waals surface area contributed by atoms with Crippen molar-refractivity contribution in [3.63, 3.8) is 0 Å². The van der Waals surface area contributed by atoms with E-state index in [1.54, 1.807) is 0 Å². The summed E-state index contributed by atoms with van der Waals surface area (Å²) in [6.45, 7) is 5.55. The van der Waals surface area contributed by atoms with E-state index in [9.17, 15) is 0 Å². The Morgan fingerprint density at radius 3 is 3.00 bits per heavy atom. The predicted molar refractivity (Wildman–Crippen MR) is 48.1 cm³/mol. The molecule has 0 bridgehead atoms. The van der Waals surface area contributed by atoms with Gasteiger partial charge in [-0.2, -0.15) is 0 Å². The number of fused-ring (bicyclic) bond motifs is 1. The molecule has 1 atom stereocenters. The van der Waals surface area contributed by atoms with Crippen LogP contribution >= 0.6 is 0 Å². The lowest BCUT2D eigenvalue weighted by atomic mass is 9.98. The molecule has 1 aliphatic rings. The third-order valence-electron chi connectivity index (χ3n) is 2.42. The molecule has 0 fully saturated rings. The van der Waals surface area contributed by atoms with Gasteiger partial charge in [0, 0.05) is 18.2 Å². The predicted octanol–water partition coefficient (Wildman–Crippen LogP) is 2.52. The van der Waals surface area contributed by atoms with E-state index in [4.69, 9.17) is 0 Å². The van der Waals surface area contributed by atoms with Gasteiger partial charge < -0.3 is 5.32 Å². The van der Waals surface area contributed by atoms with Crippen LogP contribution in [0.2, 0.25) is 0 Å². The first kappa shape index (κ1) is 6.71. The summed E-state index contributed by atoms with van der Waals surface area (Å²) >= 11 is 0. The fourth-order valence-electron chi connectivity index (χ4n) is 1.85. The maximum atomic E-state index is 3.39. The van der Waals surface area contributed by atoms with E-state index < -0.39 is 0 Å². The lowest BCUT2D eigenvalue weighted by molar-refractivity contribution is 0.847. The minimum Gasteiger partial charge on any atom is -0.384 e. The van der Waals surface area contributed by atoms with Gasteiger partial charge in [0.1, 0.15) is 0 Å². The molecule has 0 aromatic heterocycles. The van der Waals surface area contributed by atoms with E-state index in [1.165, 1.54) is 16.8 Å². The zero-order chi connectivity index (χ0) is 7.84. The molecule has 1 unspecified atom stereocenters. The van der Waals surface area contributed by atoms with E-state index in [0.29, 0.717) is 5.92 Å². The number of nitrogens with one attached hydrogen (secondary N) is 1. The number of aryl methyl sites for hydroxylation is 1. The summed E-state index contributed by atoms with van der Waals surface area (Å²) in [5.41, 5.74) is 4.25. The quantitative estimate of drug-likeness (QED) is 0.594. The van der Waals surface area contributed by atoms with Crippen molar-refractivity contribution in [2.45, 2.75) is 19.8 Å². The molecule has 1 N–H and O–H groups in total. The van der Waals surface area contributed by atoms with E-state index in [0.717, 1.165) is 6.54 Å². The molecule has 0 amide bonds. The summed E-state index contributed by atoms with van der Waals surface area (Å²) < 4.78 is 0. The van der Waals surface area contributed by atoms with Crippen LogP contribution in [-0.2, 0) is 0 Å². The SMILES string of the molecule is Cc1cccc2c1C(C)CN2. The maximum absolute atomic E-state index is 3.39. The second kappa shape index (κ2) is 2.26. The Bertz CT molecular complexity index is 278. The van der Waals surface area contributed by atoms with Gasteiger partial charge in [-0.25, -0.2) is 0 Å². The van der Waals surface area contributed by atoms with Crippen LogP contribution < -0.4 is 5.32 Å². The average molecular weight is 147 g/mol. The second-order valence-corrected chi connectivity index (χ2v) is 3.32. The molecule has 1 heterocycles. The summed E-state index contributed by atoms with van der Waals surface area (Å²) in [6, 6.07) is 6.45. The Morgan fingerprint density at radius 2 is 2.27 bits per heavy atom. The molecule has 11 heavy (non-hydrogen) atoms. The summed E-state index contributed by atoms with van der Waals surface area (Å²) in [5, 5.41) is 3.39. The monoisotopic (exact) mass is 147 g/mol. The van der Waals surface area contributed by atoms with E-state index in [1.807, 2.05) is 0 Å². The molecule has 0 aliphatic carbocycles. The zero-order valence-corrected chi connectivity index (χ0v) is 7.02. The molecule has 0 spiro atoms. The van der Waals surface area contributed by atoms with Crippen LogP contribution in [0.25, 0.3) is 0 Å². The largest absolute Gasteiger partial charge is 0.384 e. The van der Waals surface area contributed by atoms with Gasteiger partial charge in [-0.3, -0.25) is 0 Å². The molecule has 0 saturated carbocycles. The van der Waals surface area contributed by atoms with Gasteiger partial charge in [-0.05, 0) is 24.1 Å². The number of rotatable bonds is 0. The van der Waals surface area contributed by atoms with Crippen LogP contribution in [0.4, 0.5) is 5.69 Å². The van der Waals surface area contributed by atoms with Gasteiger partial charge in [0.15, 0.2) is 0 Å². The molecule has 0 saturated heterocycles. The van der Waals surface area contributed by atoms with Crippen molar-refractivity contribution < 1.29 is 0 Å². The van der Waals surface area contributed by atoms with Crippen LogP contribution in [0.15, 0.2) is 18.2 Å². The van der Waals surface area contributed by atoms with Gasteiger partial charge in [-0.15, -0.1) is 0 Å². The molecule has 1 aromatic rings. The van der Waals surface area contributed by atoms with Crippen molar-refractivity contribution in [1.82, 2.24) is 0 Å². The van der Waals surface area contributed by atoms with Crippen molar-refractivity contribution in [1.29, 1.82) is 0 Å². The highest BCUT2D eigenvalue weighted by molar-refractivity contribution is 5.60. The first-order valence-electron chi connectivity index (χ1n) is 4.12. The first-order valence-corrected chi connectivity index (χ1v) is 4.12. The maximum Gasteiger partial charge on any atom is 0.0379 e. The molecule has 1 aliphatic heterocycles. The highest BCUT2D eigenvalue weighted by Crippen LogP contribution is 2.32. The molecule has 0 radical (unpaired) electrons. The van der Waals surface area contributed by atoms with Gasteiger partial charge in [0.05, 0.1) is 0 Å². The van der Waals surface area contributed by atoms with E-state index >= 15 is 0 Å². The fourth-order valence-corrected chi connectivity index (χ4v) is 1.85. The van der Waals surface area contributed by atoms with Gasteiger partial charge in [0.25, 0.3) is 0 Å².